The molecule has 0 aromatic carbocycles. The maximum Gasteiger partial charge on any atom is 0.0567 e. The molecular weight excluding hydrogens is 200 g/mol. The molecule has 0 aliphatic heterocycles. The lowest BCUT2D eigenvalue weighted by molar-refractivity contribution is 0.0578. The Kier molecular flexibility index (Phi) is 8.96. The normalized spacial score (nSPS) is 14.1. The topological polar surface area (TPSA) is 40.5 Å². The molecule has 0 saturated heterocycles. The second kappa shape index (κ2) is 9.00. The first kappa shape index (κ1) is 15.9. The van der Waals surface area contributed by atoms with Gasteiger partial charge in [0.1, 0.15) is 0 Å². The van der Waals surface area contributed by atoms with E-state index in [4.69, 9.17) is 5.11 Å². The number of hydrogen-bond donors (Lipinski definition) is 2. The van der Waals surface area contributed by atoms with Gasteiger partial charge in [0, 0.05) is 6.61 Å². The van der Waals surface area contributed by atoms with E-state index in [1.54, 1.807) is 0 Å². The van der Waals surface area contributed by atoms with Gasteiger partial charge in [-0.25, -0.2) is 0 Å². The highest BCUT2D eigenvalue weighted by molar-refractivity contribution is 4.81. The first-order chi connectivity index (χ1) is 7.64. The highest BCUT2D eigenvalue weighted by atomic mass is 16.3. The van der Waals surface area contributed by atoms with E-state index < -0.39 is 0 Å². The molecule has 0 heterocycles. The van der Waals surface area contributed by atoms with E-state index in [-0.39, 0.29) is 12.7 Å². The van der Waals surface area contributed by atoms with Crippen LogP contribution in [-0.4, -0.2) is 22.9 Å². The lowest BCUT2D eigenvalue weighted by atomic mass is 9.71. The number of aliphatic hydroxyl groups excluding tert-OH is 2. The highest BCUT2D eigenvalue weighted by Crippen LogP contribution is 2.39. The van der Waals surface area contributed by atoms with Crippen LogP contribution in [0.15, 0.2) is 0 Å². The molecule has 98 valence electrons. The van der Waals surface area contributed by atoms with E-state index in [2.05, 4.69) is 20.8 Å². The molecule has 1 atom stereocenters. The fraction of sp³-hybridized carbons (Fsp3) is 1.00. The van der Waals surface area contributed by atoms with E-state index in [1.807, 2.05) is 0 Å². The SMILES string of the molecule is CCCC(CCC)(CCC)CC(O)CCO. The third-order valence-electron chi connectivity index (χ3n) is 3.47. The van der Waals surface area contributed by atoms with Gasteiger partial charge in [0.25, 0.3) is 0 Å². The Morgan fingerprint density at radius 3 is 1.69 bits per heavy atom. The quantitative estimate of drug-likeness (QED) is 0.603. The van der Waals surface area contributed by atoms with E-state index in [0.29, 0.717) is 11.8 Å². The van der Waals surface area contributed by atoms with Crippen LogP contribution in [0.4, 0.5) is 0 Å². The van der Waals surface area contributed by atoms with E-state index >= 15 is 0 Å². The number of aliphatic hydroxyl groups is 2. The molecule has 0 aromatic heterocycles. The van der Waals surface area contributed by atoms with Gasteiger partial charge in [-0.2, -0.15) is 0 Å². The van der Waals surface area contributed by atoms with Crippen molar-refractivity contribution in [1.82, 2.24) is 0 Å². The fourth-order valence-electron chi connectivity index (χ4n) is 3.02. The average molecular weight is 230 g/mol. The Morgan fingerprint density at radius 1 is 0.938 bits per heavy atom. The summed E-state index contributed by atoms with van der Waals surface area (Å²) in [6, 6.07) is 0. The minimum Gasteiger partial charge on any atom is -0.396 e. The van der Waals surface area contributed by atoms with E-state index in [0.717, 1.165) is 6.42 Å². The van der Waals surface area contributed by atoms with Crippen molar-refractivity contribution < 1.29 is 10.2 Å². The maximum absolute atomic E-state index is 9.90. The van der Waals surface area contributed by atoms with Crippen LogP contribution in [-0.2, 0) is 0 Å². The Hall–Kier alpha value is -0.0800. The summed E-state index contributed by atoms with van der Waals surface area (Å²) < 4.78 is 0. The second-order valence-corrected chi connectivity index (χ2v) is 5.12. The van der Waals surface area contributed by atoms with E-state index in [9.17, 15) is 5.11 Å². The van der Waals surface area contributed by atoms with Crippen LogP contribution >= 0.6 is 0 Å². The summed E-state index contributed by atoms with van der Waals surface area (Å²) >= 11 is 0. The number of hydrogen-bond acceptors (Lipinski definition) is 2. The van der Waals surface area contributed by atoms with Gasteiger partial charge >= 0.3 is 0 Å². The van der Waals surface area contributed by atoms with Gasteiger partial charge in [0.15, 0.2) is 0 Å². The lowest BCUT2D eigenvalue weighted by Gasteiger charge is -2.35. The smallest absolute Gasteiger partial charge is 0.0567 e. The molecule has 0 rings (SSSR count). The molecule has 2 nitrogen and oxygen atoms in total. The standard InChI is InChI=1S/C14H30O2/c1-4-8-14(9-5-2,10-6-3)12-13(16)7-11-15/h13,15-16H,4-12H2,1-3H3. The summed E-state index contributed by atoms with van der Waals surface area (Å²) in [4.78, 5) is 0. The zero-order valence-corrected chi connectivity index (χ0v) is 11.3. The van der Waals surface area contributed by atoms with Crippen molar-refractivity contribution in [2.24, 2.45) is 5.41 Å². The van der Waals surface area contributed by atoms with Crippen molar-refractivity contribution in [1.29, 1.82) is 0 Å². The second-order valence-electron chi connectivity index (χ2n) is 5.12. The van der Waals surface area contributed by atoms with Crippen molar-refractivity contribution in [2.75, 3.05) is 6.61 Å². The predicted octanol–water partition coefficient (Wildman–Crippen LogP) is 3.51. The van der Waals surface area contributed by atoms with Gasteiger partial charge < -0.3 is 10.2 Å². The molecule has 0 bridgehead atoms. The van der Waals surface area contributed by atoms with Gasteiger partial charge in [0.05, 0.1) is 6.10 Å². The van der Waals surface area contributed by atoms with E-state index in [1.165, 1.54) is 38.5 Å². The molecule has 0 fully saturated rings. The first-order valence-corrected chi connectivity index (χ1v) is 6.93. The van der Waals surface area contributed by atoms with Crippen LogP contribution in [0.5, 0.6) is 0 Å². The van der Waals surface area contributed by atoms with Crippen LogP contribution < -0.4 is 0 Å². The molecule has 16 heavy (non-hydrogen) atoms. The Bertz CT molecular complexity index is 140. The molecule has 1 unspecified atom stereocenters. The van der Waals surface area contributed by atoms with Gasteiger partial charge in [-0.1, -0.05) is 40.0 Å². The summed E-state index contributed by atoms with van der Waals surface area (Å²) in [6.07, 6.45) is 8.24. The van der Waals surface area contributed by atoms with Gasteiger partial charge in [0.2, 0.25) is 0 Å². The summed E-state index contributed by atoms with van der Waals surface area (Å²) in [5.41, 5.74) is 0.312. The maximum atomic E-state index is 9.90. The van der Waals surface area contributed by atoms with Crippen LogP contribution in [0.2, 0.25) is 0 Å². The zero-order valence-electron chi connectivity index (χ0n) is 11.3. The van der Waals surface area contributed by atoms with Crippen molar-refractivity contribution in [3.8, 4) is 0 Å². The Labute approximate surface area is 101 Å². The first-order valence-electron chi connectivity index (χ1n) is 6.93. The fourth-order valence-corrected chi connectivity index (χ4v) is 3.02. The minimum absolute atomic E-state index is 0.0988. The van der Waals surface area contributed by atoms with Crippen LogP contribution in [0.1, 0.15) is 72.1 Å². The highest BCUT2D eigenvalue weighted by Gasteiger charge is 2.29. The third kappa shape index (κ3) is 5.86. The van der Waals surface area contributed by atoms with Crippen molar-refractivity contribution in [3.63, 3.8) is 0 Å². The molecule has 0 saturated carbocycles. The van der Waals surface area contributed by atoms with Crippen molar-refractivity contribution >= 4 is 0 Å². The Morgan fingerprint density at radius 2 is 1.38 bits per heavy atom. The van der Waals surface area contributed by atoms with Gasteiger partial charge in [-0.05, 0) is 37.5 Å². The van der Waals surface area contributed by atoms with Crippen molar-refractivity contribution in [3.05, 3.63) is 0 Å². The molecule has 2 heteroatoms. The zero-order chi connectivity index (χ0) is 12.4. The molecule has 0 radical (unpaired) electrons. The van der Waals surface area contributed by atoms with Crippen LogP contribution in [0, 0.1) is 5.41 Å². The molecular formula is C14H30O2. The largest absolute Gasteiger partial charge is 0.396 e. The monoisotopic (exact) mass is 230 g/mol. The molecule has 0 aromatic rings. The molecule has 2 N–H and O–H groups in total. The summed E-state index contributed by atoms with van der Waals surface area (Å²) in [7, 11) is 0. The molecule has 0 spiro atoms. The van der Waals surface area contributed by atoms with Crippen LogP contribution in [0.25, 0.3) is 0 Å². The Balaban J connectivity index is 4.44. The molecule has 0 aliphatic carbocycles. The van der Waals surface area contributed by atoms with Crippen LogP contribution in [0.3, 0.4) is 0 Å². The predicted molar refractivity (Wildman–Crippen MR) is 69.5 cm³/mol. The summed E-state index contributed by atoms with van der Waals surface area (Å²) in [5, 5.41) is 18.8. The molecule has 0 aliphatic rings. The van der Waals surface area contributed by atoms with Gasteiger partial charge in [-0.3, -0.25) is 0 Å². The average Bonchev–Trinajstić information content (AvgIpc) is 2.18. The minimum atomic E-state index is -0.324. The number of rotatable bonds is 10. The summed E-state index contributed by atoms with van der Waals surface area (Å²) in [5.74, 6) is 0. The third-order valence-corrected chi connectivity index (χ3v) is 3.47. The molecule has 0 amide bonds. The lowest BCUT2D eigenvalue weighted by Crippen LogP contribution is -2.27. The summed E-state index contributed by atoms with van der Waals surface area (Å²) in [6.45, 7) is 6.76. The van der Waals surface area contributed by atoms with Crippen molar-refractivity contribution in [2.45, 2.75) is 78.2 Å². The van der Waals surface area contributed by atoms with Gasteiger partial charge in [-0.15, -0.1) is 0 Å².